The van der Waals surface area contributed by atoms with Crippen molar-refractivity contribution >= 4 is 5.97 Å². The third-order valence-corrected chi connectivity index (χ3v) is 2.63. The van der Waals surface area contributed by atoms with Gasteiger partial charge in [-0.2, -0.15) is 0 Å². The van der Waals surface area contributed by atoms with Crippen LogP contribution in [0.3, 0.4) is 0 Å². The number of esters is 1. The van der Waals surface area contributed by atoms with Gasteiger partial charge in [-0.1, -0.05) is 30.3 Å². The number of hydrogen-bond acceptors (Lipinski definition) is 5. The van der Waals surface area contributed by atoms with Crippen molar-refractivity contribution in [1.82, 2.24) is 5.32 Å². The summed E-state index contributed by atoms with van der Waals surface area (Å²) in [6.45, 7) is 4.85. The summed E-state index contributed by atoms with van der Waals surface area (Å²) in [4.78, 5) is 11.6. The van der Waals surface area contributed by atoms with Crippen LogP contribution in [0.2, 0.25) is 0 Å². The molecule has 0 amide bonds. The zero-order valence-electron chi connectivity index (χ0n) is 12.3. The second-order valence-corrected chi connectivity index (χ2v) is 4.64. The first-order valence-electron chi connectivity index (χ1n) is 6.68. The van der Waals surface area contributed by atoms with Crippen LogP contribution in [0.15, 0.2) is 30.3 Å². The molecule has 0 heterocycles. The van der Waals surface area contributed by atoms with E-state index in [0.29, 0.717) is 6.61 Å². The van der Waals surface area contributed by atoms with Crippen molar-refractivity contribution < 1.29 is 19.0 Å². The Bertz CT molecular complexity index is 381. The summed E-state index contributed by atoms with van der Waals surface area (Å²) in [5, 5.41) is 2.97. The van der Waals surface area contributed by atoms with E-state index in [4.69, 9.17) is 14.2 Å². The fourth-order valence-electron chi connectivity index (χ4n) is 1.54. The van der Waals surface area contributed by atoms with Crippen LogP contribution in [0.5, 0.6) is 0 Å². The van der Waals surface area contributed by atoms with Crippen LogP contribution in [-0.4, -0.2) is 38.6 Å². The number of carbonyl (C=O) groups is 1. The van der Waals surface area contributed by atoms with Crippen molar-refractivity contribution in [1.29, 1.82) is 0 Å². The van der Waals surface area contributed by atoms with Crippen molar-refractivity contribution in [2.45, 2.75) is 32.6 Å². The summed E-state index contributed by atoms with van der Waals surface area (Å²) in [6, 6.07) is 9.33. The molecular formula is C15H23NO4. The zero-order chi connectivity index (χ0) is 14.8. The molecule has 1 aromatic carbocycles. The molecule has 0 unspecified atom stereocenters. The zero-order valence-corrected chi connectivity index (χ0v) is 12.3. The number of benzene rings is 1. The highest BCUT2D eigenvalue weighted by atomic mass is 16.5. The maximum absolute atomic E-state index is 11.6. The molecule has 112 valence electrons. The Morgan fingerprint density at radius 1 is 1.25 bits per heavy atom. The second kappa shape index (κ2) is 9.47. The first kappa shape index (κ1) is 16.6. The van der Waals surface area contributed by atoms with Crippen molar-refractivity contribution in [2.24, 2.45) is 0 Å². The van der Waals surface area contributed by atoms with E-state index in [0.717, 1.165) is 5.56 Å². The average Bonchev–Trinajstić information content (AvgIpc) is 2.46. The Kier molecular flexibility index (Phi) is 7.87. The van der Waals surface area contributed by atoms with E-state index < -0.39 is 6.04 Å². The molecule has 1 atom stereocenters. The highest BCUT2D eigenvalue weighted by Gasteiger charge is 2.19. The third-order valence-electron chi connectivity index (χ3n) is 2.63. The Balaban J connectivity index is 2.29. The van der Waals surface area contributed by atoms with Gasteiger partial charge < -0.3 is 14.2 Å². The molecule has 1 N–H and O–H groups in total. The summed E-state index contributed by atoms with van der Waals surface area (Å²) in [6.07, 6.45) is 0.0641. The molecule has 20 heavy (non-hydrogen) atoms. The predicted octanol–water partition coefficient (Wildman–Crippen LogP) is 1.72. The molecule has 0 spiro atoms. The van der Waals surface area contributed by atoms with Crippen LogP contribution < -0.4 is 5.32 Å². The molecule has 0 saturated carbocycles. The maximum atomic E-state index is 11.6. The summed E-state index contributed by atoms with van der Waals surface area (Å²) in [5.41, 5.74) is 1.09. The van der Waals surface area contributed by atoms with Crippen LogP contribution in [0.4, 0.5) is 0 Å². The third kappa shape index (κ3) is 6.65. The largest absolute Gasteiger partial charge is 0.468 e. The average molecular weight is 281 g/mol. The van der Waals surface area contributed by atoms with Gasteiger partial charge >= 0.3 is 5.97 Å². The van der Waals surface area contributed by atoms with Gasteiger partial charge in [0.1, 0.15) is 6.04 Å². The van der Waals surface area contributed by atoms with E-state index in [2.05, 4.69) is 5.32 Å². The number of hydrogen-bond donors (Lipinski definition) is 1. The number of carbonyl (C=O) groups excluding carboxylic acids is 1. The highest BCUT2D eigenvalue weighted by Crippen LogP contribution is 2.00. The smallest absolute Gasteiger partial charge is 0.325 e. The number of rotatable bonds is 9. The minimum absolute atomic E-state index is 0.0641. The van der Waals surface area contributed by atoms with Gasteiger partial charge in [0.25, 0.3) is 0 Å². The van der Waals surface area contributed by atoms with E-state index in [9.17, 15) is 4.79 Å². The van der Waals surface area contributed by atoms with E-state index in [1.165, 1.54) is 7.11 Å². The molecule has 0 aliphatic heterocycles. The van der Waals surface area contributed by atoms with Gasteiger partial charge in [0.15, 0.2) is 0 Å². The van der Waals surface area contributed by atoms with Crippen LogP contribution in [0.25, 0.3) is 0 Å². The molecule has 0 aromatic heterocycles. The summed E-state index contributed by atoms with van der Waals surface area (Å²) >= 11 is 0. The van der Waals surface area contributed by atoms with Crippen molar-refractivity contribution in [3.05, 3.63) is 35.9 Å². The predicted molar refractivity (Wildman–Crippen MR) is 76.1 cm³/mol. The standard InChI is InChI=1S/C15H23NO4/c1-12(2)20-10-14(15(17)18-3)16-11-19-9-13-7-5-4-6-8-13/h4-8,12,14,16H,9-11H2,1-3H3/t14-/m0/s1. The first-order valence-corrected chi connectivity index (χ1v) is 6.68. The summed E-state index contributed by atoms with van der Waals surface area (Å²) in [5.74, 6) is -0.353. The minimum atomic E-state index is -0.516. The van der Waals surface area contributed by atoms with Gasteiger partial charge in [0.2, 0.25) is 0 Å². The molecule has 0 saturated heterocycles. The molecule has 5 nitrogen and oxygen atoms in total. The fourth-order valence-corrected chi connectivity index (χ4v) is 1.54. The Hall–Kier alpha value is -1.43. The molecule has 0 bridgehead atoms. The Morgan fingerprint density at radius 2 is 1.95 bits per heavy atom. The van der Waals surface area contributed by atoms with E-state index in [1.807, 2.05) is 44.2 Å². The van der Waals surface area contributed by atoms with Gasteiger partial charge in [0.05, 0.1) is 33.2 Å². The molecule has 0 radical (unpaired) electrons. The summed E-state index contributed by atoms with van der Waals surface area (Å²) in [7, 11) is 1.36. The highest BCUT2D eigenvalue weighted by molar-refractivity contribution is 5.75. The lowest BCUT2D eigenvalue weighted by atomic mass is 10.2. The van der Waals surface area contributed by atoms with Crippen LogP contribution in [-0.2, 0) is 25.6 Å². The van der Waals surface area contributed by atoms with E-state index in [1.54, 1.807) is 0 Å². The Labute approximate surface area is 120 Å². The van der Waals surface area contributed by atoms with Crippen LogP contribution in [0, 0.1) is 0 Å². The van der Waals surface area contributed by atoms with E-state index >= 15 is 0 Å². The molecule has 1 rings (SSSR count). The van der Waals surface area contributed by atoms with Gasteiger partial charge in [-0.05, 0) is 19.4 Å². The SMILES string of the molecule is COC(=O)[C@H](COC(C)C)NCOCc1ccccc1. The monoisotopic (exact) mass is 281 g/mol. The molecular weight excluding hydrogens is 258 g/mol. The molecule has 0 aliphatic carbocycles. The molecule has 1 aromatic rings. The quantitative estimate of drug-likeness (QED) is 0.424. The van der Waals surface area contributed by atoms with Gasteiger partial charge in [-0.3, -0.25) is 10.1 Å². The van der Waals surface area contributed by atoms with Crippen LogP contribution in [0.1, 0.15) is 19.4 Å². The van der Waals surface area contributed by atoms with Gasteiger partial charge in [-0.25, -0.2) is 0 Å². The number of nitrogens with one attached hydrogen (secondary N) is 1. The Morgan fingerprint density at radius 3 is 2.55 bits per heavy atom. The first-order chi connectivity index (χ1) is 9.63. The van der Waals surface area contributed by atoms with Gasteiger partial charge in [-0.15, -0.1) is 0 Å². The topological polar surface area (TPSA) is 56.8 Å². The lowest BCUT2D eigenvalue weighted by molar-refractivity contribution is -0.146. The lowest BCUT2D eigenvalue weighted by Gasteiger charge is -2.18. The van der Waals surface area contributed by atoms with Crippen LogP contribution >= 0.6 is 0 Å². The summed E-state index contributed by atoms with van der Waals surface area (Å²) < 4.78 is 15.6. The fraction of sp³-hybridized carbons (Fsp3) is 0.533. The normalized spacial score (nSPS) is 12.4. The molecule has 5 heteroatoms. The molecule has 0 aliphatic rings. The molecule has 0 fully saturated rings. The number of ether oxygens (including phenoxy) is 3. The maximum Gasteiger partial charge on any atom is 0.325 e. The van der Waals surface area contributed by atoms with Crippen molar-refractivity contribution in [3.63, 3.8) is 0 Å². The lowest BCUT2D eigenvalue weighted by Crippen LogP contribution is -2.43. The van der Waals surface area contributed by atoms with Crippen molar-refractivity contribution in [3.8, 4) is 0 Å². The van der Waals surface area contributed by atoms with Crippen molar-refractivity contribution in [2.75, 3.05) is 20.4 Å². The minimum Gasteiger partial charge on any atom is -0.468 e. The van der Waals surface area contributed by atoms with Gasteiger partial charge in [0, 0.05) is 0 Å². The second-order valence-electron chi connectivity index (χ2n) is 4.64. The number of methoxy groups -OCH3 is 1. The van der Waals surface area contributed by atoms with E-state index in [-0.39, 0.29) is 25.4 Å².